The molecular weight excluding hydrogens is 274 g/mol. The molecule has 2 aromatic rings. The second-order valence-corrected chi connectivity index (χ2v) is 7.32. The Labute approximate surface area is 123 Å². The topological polar surface area (TPSA) is 37.8 Å². The highest BCUT2D eigenvalue weighted by atomic mass is 32.1. The van der Waals surface area contributed by atoms with Crippen LogP contribution in [0, 0.1) is 0 Å². The molecule has 2 aromatic heterocycles. The summed E-state index contributed by atoms with van der Waals surface area (Å²) in [4.78, 5) is 10.7. The molecule has 0 fully saturated rings. The Kier molecular flexibility index (Phi) is 4.26. The molecule has 1 N–H and O–H groups in total. The number of nitrogens with one attached hydrogen (secondary N) is 1. The van der Waals surface area contributed by atoms with Crippen molar-refractivity contribution in [1.82, 2.24) is 9.97 Å². The Morgan fingerprint density at radius 1 is 1.21 bits per heavy atom. The van der Waals surface area contributed by atoms with Crippen LogP contribution in [0.2, 0.25) is 0 Å². The van der Waals surface area contributed by atoms with E-state index in [1.54, 1.807) is 22.7 Å². The van der Waals surface area contributed by atoms with Gasteiger partial charge < -0.3 is 5.32 Å². The number of rotatable bonds is 4. The lowest BCUT2D eigenvalue weighted by Gasteiger charge is -2.13. The van der Waals surface area contributed by atoms with Crippen LogP contribution >= 0.6 is 22.7 Å². The van der Waals surface area contributed by atoms with Gasteiger partial charge in [-0.15, -0.1) is 22.7 Å². The van der Waals surface area contributed by atoms with Gasteiger partial charge in [0.1, 0.15) is 0 Å². The first-order valence-corrected chi connectivity index (χ1v) is 8.35. The third kappa shape index (κ3) is 3.15. The quantitative estimate of drug-likeness (QED) is 0.898. The fourth-order valence-corrected chi connectivity index (χ4v) is 3.74. The molecule has 0 saturated carbocycles. The van der Waals surface area contributed by atoms with E-state index in [1.165, 1.54) is 15.6 Å². The monoisotopic (exact) mass is 295 g/mol. The molecule has 0 spiro atoms. The van der Waals surface area contributed by atoms with Crippen molar-refractivity contribution >= 4 is 27.8 Å². The zero-order valence-corrected chi connectivity index (χ0v) is 13.8. The molecule has 0 aliphatic heterocycles. The number of aryl methyl sites for hydroxylation is 1. The number of aromatic nitrogens is 2. The molecule has 0 bridgehead atoms. The molecule has 0 aromatic carbocycles. The minimum atomic E-state index is 0.105. The van der Waals surface area contributed by atoms with Crippen LogP contribution in [0.15, 0.2) is 5.38 Å². The number of hydrogen-bond donors (Lipinski definition) is 1. The van der Waals surface area contributed by atoms with E-state index < -0.39 is 0 Å². The molecule has 0 atom stereocenters. The molecule has 0 saturated heterocycles. The summed E-state index contributed by atoms with van der Waals surface area (Å²) in [6, 6.07) is 0. The highest BCUT2D eigenvalue weighted by molar-refractivity contribution is 7.17. The number of nitrogens with zero attached hydrogens (tertiary/aromatic N) is 2. The predicted molar refractivity (Wildman–Crippen MR) is 85.5 cm³/mol. The molecule has 3 nitrogen and oxygen atoms in total. The summed E-state index contributed by atoms with van der Waals surface area (Å²) < 4.78 is 0. The van der Waals surface area contributed by atoms with Crippen LogP contribution in [0.3, 0.4) is 0 Å². The van der Waals surface area contributed by atoms with E-state index >= 15 is 0 Å². The van der Waals surface area contributed by atoms with Crippen LogP contribution < -0.4 is 5.32 Å². The van der Waals surface area contributed by atoms with Gasteiger partial charge in [0.25, 0.3) is 0 Å². The van der Waals surface area contributed by atoms with Crippen LogP contribution in [-0.2, 0) is 11.8 Å². The SMILES string of the molecule is CCNc1nc(-c2sc(C(C)(C)C)nc2CC)cs1. The van der Waals surface area contributed by atoms with E-state index in [0.717, 1.165) is 23.8 Å². The van der Waals surface area contributed by atoms with Crippen molar-refractivity contribution in [2.24, 2.45) is 0 Å². The standard InChI is InChI=1S/C14H21N3S2/c1-6-9-11(19-12(16-9)14(3,4)5)10-8-18-13(17-10)15-7-2/h8H,6-7H2,1-5H3,(H,15,17). The molecule has 0 radical (unpaired) electrons. The minimum absolute atomic E-state index is 0.105. The average molecular weight is 295 g/mol. The molecule has 19 heavy (non-hydrogen) atoms. The number of thiazole rings is 2. The van der Waals surface area contributed by atoms with Crippen LogP contribution in [0.5, 0.6) is 0 Å². The van der Waals surface area contributed by atoms with Gasteiger partial charge >= 0.3 is 0 Å². The molecular formula is C14H21N3S2. The zero-order valence-electron chi connectivity index (χ0n) is 12.2. The van der Waals surface area contributed by atoms with Crippen molar-refractivity contribution in [2.45, 2.75) is 46.5 Å². The Hall–Kier alpha value is -0.940. The predicted octanol–water partition coefficient (Wildman–Crippen LogP) is 4.56. The van der Waals surface area contributed by atoms with E-state index in [9.17, 15) is 0 Å². The average Bonchev–Trinajstić information content (AvgIpc) is 2.93. The maximum atomic E-state index is 4.79. The molecule has 2 rings (SSSR count). The van der Waals surface area contributed by atoms with Crippen molar-refractivity contribution in [2.75, 3.05) is 11.9 Å². The van der Waals surface area contributed by atoms with E-state index in [-0.39, 0.29) is 5.41 Å². The highest BCUT2D eigenvalue weighted by Gasteiger charge is 2.22. The number of anilines is 1. The van der Waals surface area contributed by atoms with Crippen molar-refractivity contribution in [3.05, 3.63) is 16.1 Å². The van der Waals surface area contributed by atoms with Crippen molar-refractivity contribution < 1.29 is 0 Å². The molecule has 0 aliphatic rings. The van der Waals surface area contributed by atoms with Crippen molar-refractivity contribution in [3.8, 4) is 10.6 Å². The van der Waals surface area contributed by atoms with Crippen LogP contribution in [0.1, 0.15) is 45.3 Å². The first kappa shape index (κ1) is 14.5. The lowest BCUT2D eigenvalue weighted by atomic mass is 9.98. The summed E-state index contributed by atoms with van der Waals surface area (Å²) in [5.74, 6) is 0. The second-order valence-electron chi connectivity index (χ2n) is 5.47. The van der Waals surface area contributed by atoms with Crippen molar-refractivity contribution in [1.29, 1.82) is 0 Å². The number of hydrogen-bond acceptors (Lipinski definition) is 5. The molecule has 104 valence electrons. The molecule has 2 heterocycles. The molecule has 0 unspecified atom stereocenters. The lowest BCUT2D eigenvalue weighted by molar-refractivity contribution is 0.583. The summed E-state index contributed by atoms with van der Waals surface area (Å²) in [7, 11) is 0. The van der Waals surface area contributed by atoms with E-state index in [2.05, 4.69) is 50.3 Å². The third-order valence-corrected chi connectivity index (χ3v) is 5.08. The van der Waals surface area contributed by atoms with Gasteiger partial charge in [-0.2, -0.15) is 0 Å². The Balaban J connectivity index is 2.39. The summed E-state index contributed by atoms with van der Waals surface area (Å²) in [5, 5.41) is 7.57. The third-order valence-electron chi connectivity index (χ3n) is 2.74. The summed E-state index contributed by atoms with van der Waals surface area (Å²) >= 11 is 3.44. The Morgan fingerprint density at radius 3 is 2.53 bits per heavy atom. The smallest absolute Gasteiger partial charge is 0.183 e. The normalized spacial score (nSPS) is 11.8. The summed E-state index contributed by atoms with van der Waals surface area (Å²) in [6.45, 7) is 11.8. The van der Waals surface area contributed by atoms with Crippen LogP contribution in [0.4, 0.5) is 5.13 Å². The van der Waals surface area contributed by atoms with E-state index in [0.29, 0.717) is 0 Å². The van der Waals surface area contributed by atoms with Gasteiger partial charge in [-0.05, 0) is 13.3 Å². The van der Waals surface area contributed by atoms with Gasteiger partial charge in [0.2, 0.25) is 0 Å². The molecule has 5 heteroatoms. The van der Waals surface area contributed by atoms with Crippen LogP contribution in [0.25, 0.3) is 10.6 Å². The minimum Gasteiger partial charge on any atom is -0.362 e. The van der Waals surface area contributed by atoms with E-state index in [4.69, 9.17) is 4.98 Å². The van der Waals surface area contributed by atoms with Gasteiger partial charge in [-0.1, -0.05) is 27.7 Å². The maximum absolute atomic E-state index is 4.79. The fraction of sp³-hybridized carbons (Fsp3) is 0.571. The summed E-state index contributed by atoms with van der Waals surface area (Å²) in [6.07, 6.45) is 0.954. The Bertz CT molecular complexity index is 549. The largest absolute Gasteiger partial charge is 0.362 e. The maximum Gasteiger partial charge on any atom is 0.183 e. The zero-order chi connectivity index (χ0) is 14.0. The van der Waals surface area contributed by atoms with Gasteiger partial charge in [-0.25, -0.2) is 9.97 Å². The Morgan fingerprint density at radius 2 is 1.95 bits per heavy atom. The first-order chi connectivity index (χ1) is 8.95. The first-order valence-electron chi connectivity index (χ1n) is 6.65. The van der Waals surface area contributed by atoms with E-state index in [1.807, 2.05) is 0 Å². The fourth-order valence-electron chi connectivity index (χ4n) is 1.72. The second kappa shape index (κ2) is 5.59. The van der Waals surface area contributed by atoms with Gasteiger partial charge in [0, 0.05) is 17.3 Å². The highest BCUT2D eigenvalue weighted by Crippen LogP contribution is 2.37. The molecule has 0 amide bonds. The van der Waals surface area contributed by atoms with Gasteiger partial charge in [-0.3, -0.25) is 0 Å². The van der Waals surface area contributed by atoms with Gasteiger partial charge in [0.15, 0.2) is 5.13 Å². The lowest BCUT2D eigenvalue weighted by Crippen LogP contribution is -2.10. The molecule has 0 aliphatic carbocycles. The van der Waals surface area contributed by atoms with Gasteiger partial charge in [0.05, 0.1) is 21.3 Å². The van der Waals surface area contributed by atoms with Crippen molar-refractivity contribution in [3.63, 3.8) is 0 Å². The van der Waals surface area contributed by atoms with Crippen LogP contribution in [-0.4, -0.2) is 16.5 Å². The summed E-state index contributed by atoms with van der Waals surface area (Å²) in [5.41, 5.74) is 2.34.